The number of carbonyl (C=O) groups excluding carboxylic acids is 1. The van der Waals surface area contributed by atoms with Crippen molar-refractivity contribution in [3.8, 4) is 0 Å². The Hall–Kier alpha value is -3.38. The molecular formula is C27H28N4OS. The second kappa shape index (κ2) is 11.0. The van der Waals surface area contributed by atoms with Crippen LogP contribution in [0.3, 0.4) is 0 Å². The van der Waals surface area contributed by atoms with Crippen molar-refractivity contribution in [2.24, 2.45) is 0 Å². The smallest absolute Gasteiger partial charge is 0.234 e. The van der Waals surface area contributed by atoms with E-state index in [-0.39, 0.29) is 17.2 Å². The molecule has 1 aromatic heterocycles. The van der Waals surface area contributed by atoms with Crippen LogP contribution in [0, 0.1) is 0 Å². The molecule has 0 saturated heterocycles. The molecule has 1 atom stereocenters. The van der Waals surface area contributed by atoms with E-state index >= 15 is 0 Å². The van der Waals surface area contributed by atoms with Gasteiger partial charge in [-0.15, -0.1) is 10.2 Å². The van der Waals surface area contributed by atoms with E-state index in [0.29, 0.717) is 6.42 Å². The van der Waals surface area contributed by atoms with Gasteiger partial charge in [0.15, 0.2) is 5.16 Å². The van der Waals surface area contributed by atoms with Crippen LogP contribution in [0.1, 0.15) is 42.4 Å². The molecule has 0 bridgehead atoms. The maximum atomic E-state index is 13.2. The van der Waals surface area contributed by atoms with E-state index in [4.69, 9.17) is 0 Å². The van der Waals surface area contributed by atoms with Crippen molar-refractivity contribution in [2.75, 3.05) is 0 Å². The van der Waals surface area contributed by atoms with Crippen molar-refractivity contribution in [2.45, 2.75) is 43.3 Å². The van der Waals surface area contributed by atoms with E-state index in [1.54, 1.807) is 0 Å². The Morgan fingerprint density at radius 1 is 0.879 bits per heavy atom. The maximum absolute atomic E-state index is 13.2. The summed E-state index contributed by atoms with van der Waals surface area (Å²) in [6.45, 7) is 4.74. The van der Waals surface area contributed by atoms with Crippen LogP contribution in [0.2, 0.25) is 0 Å². The van der Waals surface area contributed by atoms with Gasteiger partial charge in [-0.05, 0) is 30.5 Å². The molecule has 1 amide bonds. The molecule has 6 heteroatoms. The van der Waals surface area contributed by atoms with Gasteiger partial charge in [-0.3, -0.25) is 4.79 Å². The highest BCUT2D eigenvalue weighted by atomic mass is 32.2. The zero-order valence-electron chi connectivity index (χ0n) is 18.9. The number of amides is 1. The lowest BCUT2D eigenvalue weighted by molar-refractivity contribution is -0.120. The first kappa shape index (κ1) is 22.8. The van der Waals surface area contributed by atoms with Gasteiger partial charge in [0.25, 0.3) is 0 Å². The van der Waals surface area contributed by atoms with Gasteiger partial charge in [0, 0.05) is 13.0 Å². The first-order chi connectivity index (χ1) is 16.2. The van der Waals surface area contributed by atoms with Crippen molar-refractivity contribution < 1.29 is 4.79 Å². The molecule has 0 spiro atoms. The van der Waals surface area contributed by atoms with E-state index in [1.165, 1.54) is 17.3 Å². The first-order valence-corrected chi connectivity index (χ1v) is 12.1. The summed E-state index contributed by atoms with van der Waals surface area (Å²) in [6.07, 6.45) is 0.715. The Morgan fingerprint density at radius 3 is 1.97 bits per heavy atom. The summed E-state index contributed by atoms with van der Waals surface area (Å²) >= 11 is 1.44. The number of nitrogens with one attached hydrogen (secondary N) is 1. The summed E-state index contributed by atoms with van der Waals surface area (Å²) in [5.41, 5.74) is 3.29. The summed E-state index contributed by atoms with van der Waals surface area (Å²) in [5, 5.41) is 12.5. The Morgan fingerprint density at radius 2 is 1.42 bits per heavy atom. The summed E-state index contributed by atoms with van der Waals surface area (Å²) < 4.78 is 2.09. The quantitative estimate of drug-likeness (QED) is 0.348. The molecule has 0 aliphatic carbocycles. The molecule has 1 N–H and O–H groups in total. The predicted octanol–water partition coefficient (Wildman–Crippen LogP) is 5.28. The number of hydrogen-bond acceptors (Lipinski definition) is 4. The number of nitrogens with zero attached hydrogens (tertiary/aromatic N) is 3. The van der Waals surface area contributed by atoms with Gasteiger partial charge in [0.1, 0.15) is 5.82 Å². The molecule has 0 saturated carbocycles. The lowest BCUT2D eigenvalue weighted by Gasteiger charge is -2.22. The van der Waals surface area contributed by atoms with E-state index in [1.807, 2.05) is 85.8 Å². The highest BCUT2D eigenvalue weighted by Crippen LogP contribution is 2.26. The van der Waals surface area contributed by atoms with Crippen LogP contribution in [-0.2, 0) is 17.8 Å². The fourth-order valence-electron chi connectivity index (χ4n) is 3.75. The van der Waals surface area contributed by atoms with Crippen molar-refractivity contribution in [3.63, 3.8) is 0 Å². The molecular weight excluding hydrogens is 428 g/mol. The lowest BCUT2D eigenvalue weighted by Crippen LogP contribution is -2.35. The monoisotopic (exact) mass is 456 g/mol. The molecule has 0 aliphatic heterocycles. The first-order valence-electron chi connectivity index (χ1n) is 11.2. The Labute approximate surface area is 199 Å². The molecule has 1 unspecified atom stereocenters. The standard InChI is InChI=1S/C27H28N4OS/c1-3-31-24(19-21-13-7-4-8-14-21)29-30-27(31)33-20(2)26(32)28-25(22-15-9-5-10-16-22)23-17-11-6-12-18-23/h4-18,20,25H,3,19H2,1-2H3,(H,28,32). The number of hydrogen-bond donors (Lipinski definition) is 1. The van der Waals surface area contributed by atoms with Crippen LogP contribution in [-0.4, -0.2) is 25.9 Å². The lowest BCUT2D eigenvalue weighted by atomic mass is 9.98. The summed E-state index contributed by atoms with van der Waals surface area (Å²) in [5.74, 6) is 0.873. The van der Waals surface area contributed by atoms with Crippen molar-refractivity contribution in [1.82, 2.24) is 20.1 Å². The summed E-state index contributed by atoms with van der Waals surface area (Å²) in [6, 6.07) is 30.1. The predicted molar refractivity (Wildman–Crippen MR) is 133 cm³/mol. The van der Waals surface area contributed by atoms with Gasteiger partial charge in [0.05, 0.1) is 11.3 Å². The Bertz CT molecular complexity index is 1120. The van der Waals surface area contributed by atoms with Gasteiger partial charge < -0.3 is 9.88 Å². The van der Waals surface area contributed by atoms with Gasteiger partial charge >= 0.3 is 0 Å². The molecule has 5 nitrogen and oxygen atoms in total. The van der Waals surface area contributed by atoms with Crippen molar-refractivity contribution >= 4 is 17.7 Å². The zero-order chi connectivity index (χ0) is 23.0. The number of carbonyl (C=O) groups is 1. The Balaban J connectivity index is 1.49. The van der Waals surface area contributed by atoms with Crippen LogP contribution in [0.4, 0.5) is 0 Å². The van der Waals surface area contributed by atoms with Gasteiger partial charge in [0.2, 0.25) is 5.91 Å². The fourth-order valence-corrected chi connectivity index (χ4v) is 4.70. The normalized spacial score (nSPS) is 12.0. The zero-order valence-corrected chi connectivity index (χ0v) is 19.7. The topological polar surface area (TPSA) is 59.8 Å². The number of benzene rings is 3. The second-order valence-electron chi connectivity index (χ2n) is 7.83. The number of thioether (sulfide) groups is 1. The van der Waals surface area contributed by atoms with E-state index < -0.39 is 0 Å². The summed E-state index contributed by atoms with van der Waals surface area (Å²) in [7, 11) is 0. The fraction of sp³-hybridized carbons (Fsp3) is 0.222. The highest BCUT2D eigenvalue weighted by Gasteiger charge is 2.23. The SMILES string of the molecule is CCn1c(Cc2ccccc2)nnc1SC(C)C(=O)NC(c1ccccc1)c1ccccc1. The minimum atomic E-state index is -0.320. The van der Waals surface area contributed by atoms with Crippen LogP contribution in [0.15, 0.2) is 96.2 Å². The second-order valence-corrected chi connectivity index (χ2v) is 9.14. The highest BCUT2D eigenvalue weighted by molar-refractivity contribution is 8.00. The number of aromatic nitrogens is 3. The molecule has 0 radical (unpaired) electrons. The molecule has 168 valence electrons. The maximum Gasteiger partial charge on any atom is 0.234 e. The molecule has 0 fully saturated rings. The van der Waals surface area contributed by atoms with Crippen LogP contribution >= 0.6 is 11.8 Å². The third kappa shape index (κ3) is 5.71. The molecule has 0 aliphatic rings. The molecule has 4 rings (SSSR count). The van der Waals surface area contributed by atoms with Gasteiger partial charge in [-0.2, -0.15) is 0 Å². The third-order valence-electron chi connectivity index (χ3n) is 5.52. The average molecular weight is 457 g/mol. The van der Waals surface area contributed by atoms with Crippen molar-refractivity contribution in [3.05, 3.63) is 114 Å². The van der Waals surface area contributed by atoms with Crippen molar-refractivity contribution in [1.29, 1.82) is 0 Å². The van der Waals surface area contributed by atoms with Gasteiger partial charge in [-0.25, -0.2) is 0 Å². The summed E-state index contributed by atoms with van der Waals surface area (Å²) in [4.78, 5) is 13.2. The molecule has 33 heavy (non-hydrogen) atoms. The molecule has 4 aromatic rings. The van der Waals surface area contributed by atoms with Crippen LogP contribution in [0.5, 0.6) is 0 Å². The van der Waals surface area contributed by atoms with E-state index in [0.717, 1.165) is 28.7 Å². The third-order valence-corrected chi connectivity index (χ3v) is 6.60. The van der Waals surface area contributed by atoms with Crippen LogP contribution < -0.4 is 5.32 Å². The Kier molecular flexibility index (Phi) is 7.58. The van der Waals surface area contributed by atoms with E-state index in [9.17, 15) is 4.79 Å². The minimum absolute atomic E-state index is 0.0343. The average Bonchev–Trinajstić information content (AvgIpc) is 3.24. The molecule has 1 heterocycles. The molecule has 3 aromatic carbocycles. The van der Waals surface area contributed by atoms with Gasteiger partial charge in [-0.1, -0.05) is 103 Å². The van der Waals surface area contributed by atoms with E-state index in [2.05, 4.69) is 39.1 Å². The van der Waals surface area contributed by atoms with Crippen LogP contribution in [0.25, 0.3) is 0 Å². The number of rotatable bonds is 9. The largest absolute Gasteiger partial charge is 0.344 e. The minimum Gasteiger partial charge on any atom is -0.344 e.